The summed E-state index contributed by atoms with van der Waals surface area (Å²) in [6.45, 7) is 5.50. The molecule has 0 aliphatic rings. The van der Waals surface area contributed by atoms with E-state index in [-0.39, 0.29) is 23.0 Å². The maximum Gasteiger partial charge on any atom is 0.339 e. The highest BCUT2D eigenvalue weighted by atomic mass is 32.1. The lowest BCUT2D eigenvalue weighted by atomic mass is 10.0. The normalized spacial score (nSPS) is 11.6. The maximum atomic E-state index is 12.6. The molecule has 1 heterocycles. The van der Waals surface area contributed by atoms with Crippen LogP contribution in [0, 0.1) is 13.8 Å². The second-order valence-corrected chi connectivity index (χ2v) is 8.01. The van der Waals surface area contributed by atoms with Crippen LogP contribution in [0.25, 0.3) is 0 Å². The van der Waals surface area contributed by atoms with Gasteiger partial charge in [0.1, 0.15) is 0 Å². The minimum Gasteiger partial charge on any atom is -0.452 e. The van der Waals surface area contributed by atoms with Crippen molar-refractivity contribution in [1.82, 2.24) is 5.32 Å². The third-order valence-corrected chi connectivity index (χ3v) is 5.75. The quantitative estimate of drug-likeness (QED) is 0.446. The number of hydrogen-bond acceptors (Lipinski definition) is 5. The van der Waals surface area contributed by atoms with E-state index in [1.54, 1.807) is 35.7 Å². The lowest BCUT2D eigenvalue weighted by molar-refractivity contribution is -0.124. The molecule has 0 radical (unpaired) electrons. The van der Waals surface area contributed by atoms with Crippen molar-refractivity contribution in [2.45, 2.75) is 26.8 Å². The van der Waals surface area contributed by atoms with Crippen molar-refractivity contribution >= 4 is 29.0 Å². The number of rotatable bonds is 7. The monoisotopic (exact) mass is 421 g/mol. The van der Waals surface area contributed by atoms with Gasteiger partial charge in [-0.3, -0.25) is 9.59 Å². The average molecular weight is 422 g/mol. The van der Waals surface area contributed by atoms with Gasteiger partial charge in [0.15, 0.2) is 6.61 Å². The summed E-state index contributed by atoms with van der Waals surface area (Å²) in [7, 11) is 0. The SMILES string of the molecule is Cc1ccc(C(C)NC(=O)COC(=O)c2ccccc2C(=O)c2cccs2)cc1C. The first-order valence-corrected chi connectivity index (χ1v) is 10.5. The van der Waals surface area contributed by atoms with Crippen LogP contribution in [0.2, 0.25) is 0 Å². The Bertz CT molecular complexity index is 1070. The summed E-state index contributed by atoms with van der Waals surface area (Å²) < 4.78 is 5.18. The molecule has 3 rings (SSSR count). The Balaban J connectivity index is 1.62. The van der Waals surface area contributed by atoms with E-state index < -0.39 is 18.5 Å². The highest BCUT2D eigenvalue weighted by Crippen LogP contribution is 2.19. The fourth-order valence-corrected chi connectivity index (χ4v) is 3.69. The van der Waals surface area contributed by atoms with Crippen LogP contribution in [0.15, 0.2) is 60.0 Å². The van der Waals surface area contributed by atoms with Gasteiger partial charge < -0.3 is 10.1 Å². The van der Waals surface area contributed by atoms with E-state index in [1.807, 2.05) is 39.0 Å². The van der Waals surface area contributed by atoms with Gasteiger partial charge in [0.2, 0.25) is 5.78 Å². The molecule has 154 valence electrons. The van der Waals surface area contributed by atoms with Gasteiger partial charge in [0.25, 0.3) is 5.91 Å². The van der Waals surface area contributed by atoms with Crippen LogP contribution in [0.1, 0.15) is 55.2 Å². The Morgan fingerprint density at radius 2 is 1.70 bits per heavy atom. The maximum absolute atomic E-state index is 12.6. The van der Waals surface area contributed by atoms with Crippen LogP contribution < -0.4 is 5.32 Å². The Labute approximate surface area is 179 Å². The molecule has 0 saturated carbocycles. The number of ether oxygens (including phenoxy) is 1. The van der Waals surface area contributed by atoms with Crippen molar-refractivity contribution in [3.63, 3.8) is 0 Å². The van der Waals surface area contributed by atoms with E-state index >= 15 is 0 Å². The number of benzene rings is 2. The topological polar surface area (TPSA) is 72.5 Å². The minimum atomic E-state index is -0.704. The Hall–Kier alpha value is -3.25. The van der Waals surface area contributed by atoms with Crippen molar-refractivity contribution in [3.8, 4) is 0 Å². The third kappa shape index (κ3) is 5.02. The fraction of sp³-hybridized carbons (Fsp3) is 0.208. The summed E-state index contributed by atoms with van der Waals surface area (Å²) in [4.78, 5) is 38.0. The number of esters is 1. The van der Waals surface area contributed by atoms with Crippen LogP contribution in [0.5, 0.6) is 0 Å². The summed E-state index contributed by atoms with van der Waals surface area (Å²) >= 11 is 1.31. The second kappa shape index (κ2) is 9.50. The number of amides is 1. The first-order valence-electron chi connectivity index (χ1n) is 9.57. The first kappa shape index (κ1) is 21.5. The van der Waals surface area contributed by atoms with Crippen molar-refractivity contribution in [2.75, 3.05) is 6.61 Å². The van der Waals surface area contributed by atoms with Crippen LogP contribution in [0.4, 0.5) is 0 Å². The zero-order valence-corrected chi connectivity index (χ0v) is 17.9. The standard InChI is InChI=1S/C24H23NO4S/c1-15-10-11-18(13-16(15)2)17(3)25-22(26)14-29-24(28)20-8-5-4-7-19(20)23(27)21-9-6-12-30-21/h4-13,17H,14H2,1-3H3,(H,25,26). The van der Waals surface area contributed by atoms with Crippen LogP contribution in [-0.4, -0.2) is 24.3 Å². The minimum absolute atomic E-state index is 0.144. The third-order valence-electron chi connectivity index (χ3n) is 4.88. The number of thiophene rings is 1. The molecule has 30 heavy (non-hydrogen) atoms. The largest absolute Gasteiger partial charge is 0.452 e. The second-order valence-electron chi connectivity index (χ2n) is 7.06. The van der Waals surface area contributed by atoms with E-state index in [1.165, 1.54) is 23.0 Å². The summed E-state index contributed by atoms with van der Waals surface area (Å²) in [5.41, 5.74) is 3.71. The van der Waals surface area contributed by atoms with E-state index in [2.05, 4.69) is 5.32 Å². The highest BCUT2D eigenvalue weighted by molar-refractivity contribution is 7.12. The zero-order valence-electron chi connectivity index (χ0n) is 17.1. The number of carbonyl (C=O) groups excluding carboxylic acids is 3. The zero-order chi connectivity index (χ0) is 21.7. The number of aryl methyl sites for hydroxylation is 2. The molecule has 0 fully saturated rings. The first-order chi connectivity index (χ1) is 14.4. The Morgan fingerprint density at radius 1 is 0.967 bits per heavy atom. The molecule has 5 nitrogen and oxygen atoms in total. The number of hydrogen-bond donors (Lipinski definition) is 1. The summed E-state index contributed by atoms with van der Waals surface area (Å²) in [6, 6.07) is 15.7. The molecular weight excluding hydrogens is 398 g/mol. The molecule has 1 unspecified atom stereocenters. The molecule has 3 aromatic rings. The Kier molecular flexibility index (Phi) is 6.79. The molecule has 1 N–H and O–H groups in total. The molecule has 0 aliphatic carbocycles. The van der Waals surface area contributed by atoms with Crippen molar-refractivity contribution < 1.29 is 19.1 Å². The van der Waals surface area contributed by atoms with Crippen LogP contribution in [-0.2, 0) is 9.53 Å². The van der Waals surface area contributed by atoms with Crippen molar-refractivity contribution in [3.05, 3.63) is 92.7 Å². The van der Waals surface area contributed by atoms with Gasteiger partial charge in [0.05, 0.1) is 16.5 Å². The molecule has 0 bridgehead atoms. The number of nitrogens with one attached hydrogen (secondary N) is 1. The molecule has 0 aliphatic heterocycles. The molecule has 0 saturated heterocycles. The molecule has 6 heteroatoms. The molecule has 1 aromatic heterocycles. The molecule has 1 atom stereocenters. The molecule has 1 amide bonds. The number of ketones is 1. The smallest absolute Gasteiger partial charge is 0.339 e. The van der Waals surface area contributed by atoms with Crippen LogP contribution in [0.3, 0.4) is 0 Å². The predicted molar refractivity (Wildman–Crippen MR) is 117 cm³/mol. The molecule has 0 spiro atoms. The lowest BCUT2D eigenvalue weighted by Gasteiger charge is -2.16. The predicted octanol–water partition coefficient (Wildman–Crippen LogP) is 4.63. The lowest BCUT2D eigenvalue weighted by Crippen LogP contribution is -2.31. The Morgan fingerprint density at radius 3 is 2.37 bits per heavy atom. The fourth-order valence-electron chi connectivity index (χ4n) is 3.01. The van der Waals surface area contributed by atoms with Gasteiger partial charge in [-0.25, -0.2) is 4.79 Å². The van der Waals surface area contributed by atoms with Crippen molar-refractivity contribution in [1.29, 1.82) is 0 Å². The van der Waals surface area contributed by atoms with Crippen molar-refractivity contribution in [2.24, 2.45) is 0 Å². The van der Waals surface area contributed by atoms with Gasteiger partial charge >= 0.3 is 5.97 Å². The number of carbonyl (C=O) groups is 3. The highest BCUT2D eigenvalue weighted by Gasteiger charge is 2.20. The molecular formula is C24H23NO4S. The summed E-state index contributed by atoms with van der Waals surface area (Å²) in [5.74, 6) is -1.36. The van der Waals surface area contributed by atoms with Gasteiger partial charge in [-0.05, 0) is 55.0 Å². The summed E-state index contributed by atoms with van der Waals surface area (Å²) in [5, 5.41) is 4.63. The van der Waals surface area contributed by atoms with E-state index in [0.29, 0.717) is 4.88 Å². The van der Waals surface area contributed by atoms with Crippen LogP contribution >= 0.6 is 11.3 Å². The average Bonchev–Trinajstić information content (AvgIpc) is 3.28. The van der Waals surface area contributed by atoms with Gasteiger partial charge in [0, 0.05) is 5.56 Å². The van der Waals surface area contributed by atoms with E-state index in [4.69, 9.17) is 4.74 Å². The van der Waals surface area contributed by atoms with Gasteiger partial charge in [-0.15, -0.1) is 11.3 Å². The summed E-state index contributed by atoms with van der Waals surface area (Å²) in [6.07, 6.45) is 0. The molecule has 2 aromatic carbocycles. The van der Waals surface area contributed by atoms with Gasteiger partial charge in [-0.1, -0.05) is 42.5 Å². The van der Waals surface area contributed by atoms with Gasteiger partial charge in [-0.2, -0.15) is 0 Å². The van der Waals surface area contributed by atoms with E-state index in [9.17, 15) is 14.4 Å². The van der Waals surface area contributed by atoms with E-state index in [0.717, 1.165) is 11.1 Å².